The van der Waals surface area contributed by atoms with Gasteiger partial charge in [0.15, 0.2) is 0 Å². The second kappa shape index (κ2) is 6.59. The molecule has 3 nitrogen and oxygen atoms in total. The van der Waals surface area contributed by atoms with Gasteiger partial charge < -0.3 is 15.2 Å². The van der Waals surface area contributed by atoms with Crippen molar-refractivity contribution in [3.63, 3.8) is 0 Å². The summed E-state index contributed by atoms with van der Waals surface area (Å²) in [7, 11) is 0. The number of thiocarbonyl (C=S) groups is 1. The molecule has 2 aromatic rings. The van der Waals surface area contributed by atoms with Gasteiger partial charge in [0.25, 0.3) is 0 Å². The third-order valence-corrected chi connectivity index (χ3v) is 3.10. The largest absolute Gasteiger partial charge is 0.494 e. The summed E-state index contributed by atoms with van der Waals surface area (Å²) in [5.74, 6) is 1.99. The van der Waals surface area contributed by atoms with E-state index in [9.17, 15) is 0 Å². The van der Waals surface area contributed by atoms with Gasteiger partial charge >= 0.3 is 0 Å². The fraction of sp³-hybridized carbons (Fsp3) is 0.133. The van der Waals surface area contributed by atoms with Crippen LogP contribution in [0, 0.1) is 0 Å². The summed E-state index contributed by atoms with van der Waals surface area (Å²) in [5.41, 5.74) is 6.22. The molecule has 0 amide bonds. The summed E-state index contributed by atoms with van der Waals surface area (Å²) < 4.78 is 11.2. The van der Waals surface area contributed by atoms with Gasteiger partial charge in [0, 0.05) is 0 Å². The molecule has 5 heteroatoms. The molecular formula is C15H14ClNO2S. The van der Waals surface area contributed by atoms with E-state index in [4.69, 9.17) is 39.0 Å². The molecule has 0 bridgehead atoms. The van der Waals surface area contributed by atoms with Crippen LogP contribution in [0.1, 0.15) is 12.5 Å². The van der Waals surface area contributed by atoms with Crippen molar-refractivity contribution in [3.05, 3.63) is 53.1 Å². The van der Waals surface area contributed by atoms with Crippen LogP contribution in [-0.2, 0) is 0 Å². The Morgan fingerprint density at radius 1 is 1.15 bits per heavy atom. The Balaban J connectivity index is 2.26. The molecule has 0 fully saturated rings. The van der Waals surface area contributed by atoms with Crippen molar-refractivity contribution in [2.45, 2.75) is 6.92 Å². The number of benzene rings is 2. The zero-order valence-electron chi connectivity index (χ0n) is 10.9. The smallest absolute Gasteiger partial charge is 0.139 e. The van der Waals surface area contributed by atoms with Gasteiger partial charge in [0.2, 0.25) is 0 Å². The predicted molar refractivity (Wildman–Crippen MR) is 85.0 cm³/mol. The van der Waals surface area contributed by atoms with Gasteiger partial charge in [0.1, 0.15) is 22.2 Å². The number of nitrogens with two attached hydrogens (primary N) is 1. The normalized spacial score (nSPS) is 10.1. The molecule has 2 rings (SSSR count). The topological polar surface area (TPSA) is 44.5 Å². The average Bonchev–Trinajstić information content (AvgIpc) is 2.41. The fourth-order valence-corrected chi connectivity index (χ4v) is 2.26. The minimum absolute atomic E-state index is 0.205. The maximum atomic E-state index is 6.09. The van der Waals surface area contributed by atoms with Crippen LogP contribution in [0.25, 0.3) is 0 Å². The Hall–Kier alpha value is -1.78. The number of rotatable bonds is 5. The molecule has 0 spiro atoms. The molecular weight excluding hydrogens is 294 g/mol. The van der Waals surface area contributed by atoms with Crippen LogP contribution in [0.15, 0.2) is 42.5 Å². The van der Waals surface area contributed by atoms with Crippen molar-refractivity contribution in [2.24, 2.45) is 5.73 Å². The lowest BCUT2D eigenvalue weighted by Gasteiger charge is -2.12. The van der Waals surface area contributed by atoms with Crippen LogP contribution in [0.4, 0.5) is 0 Å². The third kappa shape index (κ3) is 3.40. The van der Waals surface area contributed by atoms with Gasteiger partial charge in [-0.15, -0.1) is 0 Å². The molecule has 0 aromatic heterocycles. The molecule has 0 aliphatic heterocycles. The first kappa shape index (κ1) is 14.6. The Morgan fingerprint density at radius 3 is 2.40 bits per heavy atom. The summed E-state index contributed by atoms with van der Waals surface area (Å²) in [5, 5.41) is 0.473. The summed E-state index contributed by atoms with van der Waals surface area (Å²) in [6.45, 7) is 2.56. The van der Waals surface area contributed by atoms with Crippen molar-refractivity contribution >= 4 is 28.8 Å². The lowest BCUT2D eigenvalue weighted by atomic mass is 10.2. The van der Waals surface area contributed by atoms with E-state index in [1.54, 1.807) is 18.2 Å². The molecule has 0 saturated carbocycles. The van der Waals surface area contributed by atoms with Crippen LogP contribution in [0.2, 0.25) is 5.02 Å². The van der Waals surface area contributed by atoms with Crippen LogP contribution in [0.3, 0.4) is 0 Å². The van der Waals surface area contributed by atoms with Gasteiger partial charge in [0.05, 0.1) is 17.2 Å². The van der Waals surface area contributed by atoms with Gasteiger partial charge in [-0.3, -0.25) is 0 Å². The average molecular weight is 308 g/mol. The maximum absolute atomic E-state index is 6.09. The molecule has 0 atom stereocenters. The Morgan fingerprint density at radius 2 is 1.80 bits per heavy atom. The van der Waals surface area contributed by atoms with E-state index in [0.29, 0.717) is 28.7 Å². The molecule has 104 valence electrons. The highest BCUT2D eigenvalue weighted by Gasteiger charge is 2.11. The molecule has 0 aliphatic carbocycles. The monoisotopic (exact) mass is 307 g/mol. The highest BCUT2D eigenvalue weighted by atomic mass is 35.5. The first-order chi connectivity index (χ1) is 9.61. The maximum Gasteiger partial charge on any atom is 0.139 e. The quantitative estimate of drug-likeness (QED) is 0.842. The highest BCUT2D eigenvalue weighted by Crippen LogP contribution is 2.31. The van der Waals surface area contributed by atoms with E-state index in [1.807, 2.05) is 31.2 Å². The first-order valence-corrected chi connectivity index (χ1v) is 6.89. The Labute approximate surface area is 128 Å². The molecule has 0 aliphatic rings. The van der Waals surface area contributed by atoms with Crippen molar-refractivity contribution in [3.8, 4) is 17.2 Å². The number of hydrogen-bond acceptors (Lipinski definition) is 3. The van der Waals surface area contributed by atoms with E-state index in [2.05, 4.69) is 0 Å². The second-order valence-corrected chi connectivity index (χ2v) is 4.83. The third-order valence-electron chi connectivity index (χ3n) is 2.58. The molecule has 0 saturated heterocycles. The number of hydrogen-bond donors (Lipinski definition) is 1. The second-order valence-electron chi connectivity index (χ2n) is 3.98. The number of halogens is 1. The summed E-state index contributed by atoms with van der Waals surface area (Å²) in [4.78, 5) is 0.205. The lowest BCUT2D eigenvalue weighted by molar-refractivity contribution is 0.339. The minimum Gasteiger partial charge on any atom is -0.494 e. The summed E-state index contributed by atoms with van der Waals surface area (Å²) >= 11 is 11.1. The molecule has 2 aromatic carbocycles. The summed E-state index contributed by atoms with van der Waals surface area (Å²) in [6, 6.07) is 12.6. The fourth-order valence-electron chi connectivity index (χ4n) is 1.73. The van der Waals surface area contributed by atoms with E-state index < -0.39 is 0 Å². The minimum atomic E-state index is 0.205. The van der Waals surface area contributed by atoms with Gasteiger partial charge in [-0.25, -0.2) is 0 Å². The molecule has 0 unspecified atom stereocenters. The SMILES string of the molecule is CCOc1ccc(Oc2cccc(Cl)c2C(N)=S)cc1. The van der Waals surface area contributed by atoms with Gasteiger partial charge in [-0.2, -0.15) is 0 Å². The van der Waals surface area contributed by atoms with Gasteiger partial charge in [-0.05, 0) is 43.3 Å². The first-order valence-electron chi connectivity index (χ1n) is 6.11. The predicted octanol–water partition coefficient (Wildman–Crippen LogP) is 4.17. The standard InChI is InChI=1S/C15H14ClNO2S/c1-2-18-10-6-8-11(9-7-10)19-13-5-3-4-12(16)14(13)15(17)20/h3-9H,2H2,1H3,(H2,17,20). The van der Waals surface area contributed by atoms with Crippen LogP contribution >= 0.6 is 23.8 Å². The molecule has 2 N–H and O–H groups in total. The summed E-state index contributed by atoms with van der Waals surface area (Å²) in [6.07, 6.45) is 0. The zero-order chi connectivity index (χ0) is 14.5. The van der Waals surface area contributed by atoms with Crippen LogP contribution < -0.4 is 15.2 Å². The van der Waals surface area contributed by atoms with Crippen molar-refractivity contribution in [1.29, 1.82) is 0 Å². The van der Waals surface area contributed by atoms with Crippen molar-refractivity contribution in [1.82, 2.24) is 0 Å². The molecule has 0 radical (unpaired) electrons. The van der Waals surface area contributed by atoms with Crippen LogP contribution in [0.5, 0.6) is 17.2 Å². The molecule has 0 heterocycles. The number of ether oxygens (including phenoxy) is 2. The zero-order valence-corrected chi connectivity index (χ0v) is 12.5. The lowest BCUT2D eigenvalue weighted by Crippen LogP contribution is -2.11. The van der Waals surface area contributed by atoms with Crippen LogP contribution in [-0.4, -0.2) is 11.6 Å². The van der Waals surface area contributed by atoms with E-state index >= 15 is 0 Å². The van der Waals surface area contributed by atoms with Crippen molar-refractivity contribution < 1.29 is 9.47 Å². The van der Waals surface area contributed by atoms with Gasteiger partial charge in [-0.1, -0.05) is 29.9 Å². The molecule has 20 heavy (non-hydrogen) atoms. The Bertz CT molecular complexity index is 614. The van der Waals surface area contributed by atoms with E-state index in [1.165, 1.54) is 0 Å². The van der Waals surface area contributed by atoms with E-state index in [0.717, 1.165) is 5.75 Å². The van der Waals surface area contributed by atoms with E-state index in [-0.39, 0.29) is 4.99 Å². The highest BCUT2D eigenvalue weighted by molar-refractivity contribution is 7.80. The van der Waals surface area contributed by atoms with Crippen molar-refractivity contribution in [2.75, 3.05) is 6.61 Å². The Kier molecular flexibility index (Phi) is 4.82.